The van der Waals surface area contributed by atoms with Crippen LogP contribution in [0.25, 0.3) is 28.2 Å². The van der Waals surface area contributed by atoms with Crippen LogP contribution in [0.3, 0.4) is 0 Å². The molecule has 2 aromatic carbocycles. The molecule has 3 heterocycles. The van der Waals surface area contributed by atoms with Gasteiger partial charge in [0.15, 0.2) is 5.76 Å². The Morgan fingerprint density at radius 3 is 2.76 bits per heavy atom. The van der Waals surface area contributed by atoms with Crippen LogP contribution in [0.5, 0.6) is 0 Å². The van der Waals surface area contributed by atoms with E-state index in [9.17, 15) is 9.59 Å². The number of fused-ring (bicyclic) bond motifs is 2. The molecular weight excluding hydrogens is 418 g/mol. The third-order valence-corrected chi connectivity index (χ3v) is 5.87. The number of aryl methyl sites for hydroxylation is 1. The maximum absolute atomic E-state index is 13.1. The predicted octanol–water partition coefficient (Wildman–Crippen LogP) is 4.11. The smallest absolute Gasteiger partial charge is 0.256 e. The lowest BCUT2D eigenvalue weighted by Crippen LogP contribution is -2.21. The van der Waals surface area contributed by atoms with Gasteiger partial charge in [0, 0.05) is 17.2 Å². The number of rotatable bonds is 4. The molecule has 162 valence electrons. The van der Waals surface area contributed by atoms with Crippen LogP contribution in [-0.2, 0) is 12.8 Å². The highest BCUT2D eigenvalue weighted by atomic mass is 16.3. The first-order valence-electron chi connectivity index (χ1n) is 10.7. The molecule has 5 aromatic rings. The van der Waals surface area contributed by atoms with Gasteiger partial charge in [-0.15, -0.1) is 0 Å². The Bertz CT molecular complexity index is 1560. The summed E-state index contributed by atoms with van der Waals surface area (Å²) < 4.78 is 6.92. The number of aromatic nitrogens is 4. The van der Waals surface area contributed by atoms with Crippen molar-refractivity contribution in [3.63, 3.8) is 0 Å². The highest BCUT2D eigenvalue weighted by molar-refractivity contribution is 6.06. The molecule has 1 amide bonds. The number of nitrogens with zero attached hydrogens (tertiary/aromatic N) is 3. The van der Waals surface area contributed by atoms with Crippen molar-refractivity contribution in [3.05, 3.63) is 94.1 Å². The molecule has 0 unspecified atom stereocenters. The fourth-order valence-electron chi connectivity index (χ4n) is 4.22. The topological polar surface area (TPSA) is 106 Å². The Morgan fingerprint density at radius 1 is 1.03 bits per heavy atom. The number of carbonyl (C=O) groups is 1. The molecule has 1 aliphatic carbocycles. The SMILES string of the molecule is O=C(Nc1cc(-c2ccco2)nn1-c1nc2c(c(=O)[nH]1)CCC2)c1ccc2ccccc2c1. The van der Waals surface area contributed by atoms with Crippen molar-refractivity contribution in [2.24, 2.45) is 0 Å². The number of anilines is 1. The van der Waals surface area contributed by atoms with E-state index in [2.05, 4.69) is 20.4 Å². The molecule has 0 saturated carbocycles. The number of aromatic amines is 1. The molecule has 0 radical (unpaired) electrons. The van der Waals surface area contributed by atoms with Crippen molar-refractivity contribution in [2.75, 3.05) is 5.32 Å². The summed E-state index contributed by atoms with van der Waals surface area (Å²) in [5, 5.41) is 9.51. The quantitative estimate of drug-likeness (QED) is 0.440. The van der Waals surface area contributed by atoms with E-state index in [4.69, 9.17) is 4.42 Å². The molecule has 1 aliphatic rings. The molecule has 2 N–H and O–H groups in total. The minimum absolute atomic E-state index is 0.172. The van der Waals surface area contributed by atoms with Crippen LogP contribution >= 0.6 is 0 Å². The third kappa shape index (κ3) is 3.41. The first-order chi connectivity index (χ1) is 16.2. The number of amides is 1. The van der Waals surface area contributed by atoms with E-state index in [1.54, 1.807) is 30.5 Å². The molecule has 6 rings (SSSR count). The van der Waals surface area contributed by atoms with Crippen molar-refractivity contribution in [1.82, 2.24) is 19.7 Å². The maximum atomic E-state index is 13.1. The molecule has 0 spiro atoms. The van der Waals surface area contributed by atoms with Crippen molar-refractivity contribution in [2.45, 2.75) is 19.3 Å². The molecule has 8 heteroatoms. The molecule has 8 nitrogen and oxygen atoms in total. The van der Waals surface area contributed by atoms with Gasteiger partial charge in [-0.25, -0.2) is 4.98 Å². The van der Waals surface area contributed by atoms with Gasteiger partial charge in [-0.3, -0.25) is 14.6 Å². The number of carbonyl (C=O) groups excluding carboxylic acids is 1. The standard InChI is InChI=1S/C25H19N5O3/c31-23(17-11-10-15-5-1-2-6-16(15)13-17)27-22-14-20(21-9-4-12-33-21)29-30(22)25-26-19-8-3-7-18(19)24(32)28-25/h1-2,4-6,9-14H,3,7-8H2,(H,27,31)(H,26,28,32). The van der Waals surface area contributed by atoms with Gasteiger partial charge in [0.25, 0.3) is 11.5 Å². The summed E-state index contributed by atoms with van der Waals surface area (Å²) >= 11 is 0. The fraction of sp³-hybridized carbons (Fsp3) is 0.120. The molecule has 0 bridgehead atoms. The van der Waals surface area contributed by atoms with E-state index in [-0.39, 0.29) is 17.4 Å². The highest BCUT2D eigenvalue weighted by Crippen LogP contribution is 2.26. The lowest BCUT2D eigenvalue weighted by Gasteiger charge is -2.10. The second kappa shape index (κ2) is 7.59. The summed E-state index contributed by atoms with van der Waals surface area (Å²) in [4.78, 5) is 33.1. The molecule has 0 aliphatic heterocycles. The van der Waals surface area contributed by atoms with Gasteiger partial charge in [0.2, 0.25) is 5.95 Å². The van der Waals surface area contributed by atoms with Gasteiger partial charge in [0.05, 0.1) is 12.0 Å². The second-order valence-electron chi connectivity index (χ2n) is 7.99. The van der Waals surface area contributed by atoms with Crippen LogP contribution < -0.4 is 10.9 Å². The van der Waals surface area contributed by atoms with Gasteiger partial charge in [-0.1, -0.05) is 30.3 Å². The van der Waals surface area contributed by atoms with Crippen molar-refractivity contribution in [1.29, 1.82) is 0 Å². The van der Waals surface area contributed by atoms with Crippen molar-refractivity contribution >= 4 is 22.5 Å². The third-order valence-electron chi connectivity index (χ3n) is 5.87. The summed E-state index contributed by atoms with van der Waals surface area (Å²) in [6, 6.07) is 18.6. The average Bonchev–Trinajstić information content (AvgIpc) is 3.59. The Kier molecular flexibility index (Phi) is 4.43. The summed E-state index contributed by atoms with van der Waals surface area (Å²) in [5.74, 6) is 0.878. The highest BCUT2D eigenvalue weighted by Gasteiger charge is 2.21. The lowest BCUT2D eigenvalue weighted by atomic mass is 10.1. The van der Waals surface area contributed by atoms with Crippen LogP contribution in [0.2, 0.25) is 0 Å². The van der Waals surface area contributed by atoms with Gasteiger partial charge in [0.1, 0.15) is 11.5 Å². The van der Waals surface area contributed by atoms with Crippen LogP contribution in [-0.4, -0.2) is 25.7 Å². The van der Waals surface area contributed by atoms with Crippen LogP contribution in [0.1, 0.15) is 28.0 Å². The number of nitrogens with one attached hydrogen (secondary N) is 2. The number of hydrogen-bond donors (Lipinski definition) is 2. The Labute approximate surface area is 187 Å². The summed E-state index contributed by atoms with van der Waals surface area (Å²) in [7, 11) is 0. The van der Waals surface area contributed by atoms with Gasteiger partial charge in [-0.2, -0.15) is 9.78 Å². The minimum atomic E-state index is -0.295. The van der Waals surface area contributed by atoms with E-state index in [1.807, 2.05) is 36.4 Å². The Morgan fingerprint density at radius 2 is 1.91 bits per heavy atom. The van der Waals surface area contributed by atoms with Crippen molar-refractivity contribution in [3.8, 4) is 17.4 Å². The average molecular weight is 437 g/mol. The first kappa shape index (κ1) is 19.2. The van der Waals surface area contributed by atoms with E-state index in [1.165, 1.54) is 4.68 Å². The van der Waals surface area contributed by atoms with Gasteiger partial charge < -0.3 is 9.73 Å². The fourth-order valence-corrected chi connectivity index (χ4v) is 4.22. The number of furan rings is 1. The first-order valence-corrected chi connectivity index (χ1v) is 10.7. The molecule has 33 heavy (non-hydrogen) atoms. The van der Waals surface area contributed by atoms with Gasteiger partial charge in [-0.05, 0) is 54.3 Å². The molecular formula is C25H19N5O3. The summed E-state index contributed by atoms with van der Waals surface area (Å²) in [6.07, 6.45) is 3.92. The predicted molar refractivity (Wildman–Crippen MR) is 124 cm³/mol. The summed E-state index contributed by atoms with van der Waals surface area (Å²) in [5.41, 5.74) is 2.34. The van der Waals surface area contributed by atoms with E-state index in [0.29, 0.717) is 22.8 Å². The zero-order chi connectivity index (χ0) is 22.4. The molecule has 0 saturated heterocycles. The largest absolute Gasteiger partial charge is 0.463 e. The van der Waals surface area contributed by atoms with Crippen LogP contribution in [0.4, 0.5) is 5.82 Å². The van der Waals surface area contributed by atoms with Crippen LogP contribution in [0.15, 0.2) is 76.1 Å². The number of H-pyrrole nitrogens is 1. The van der Waals surface area contributed by atoms with E-state index in [0.717, 1.165) is 41.3 Å². The minimum Gasteiger partial charge on any atom is -0.463 e. The van der Waals surface area contributed by atoms with Gasteiger partial charge >= 0.3 is 0 Å². The molecule has 3 aromatic heterocycles. The second-order valence-corrected chi connectivity index (χ2v) is 7.99. The molecule has 0 fully saturated rings. The summed E-state index contributed by atoms with van der Waals surface area (Å²) in [6.45, 7) is 0. The Balaban J connectivity index is 1.42. The number of benzene rings is 2. The maximum Gasteiger partial charge on any atom is 0.256 e. The number of hydrogen-bond acceptors (Lipinski definition) is 5. The monoisotopic (exact) mass is 437 g/mol. The molecule has 0 atom stereocenters. The lowest BCUT2D eigenvalue weighted by molar-refractivity contribution is 0.102. The van der Waals surface area contributed by atoms with Crippen LogP contribution in [0, 0.1) is 0 Å². The zero-order valence-electron chi connectivity index (χ0n) is 17.5. The van der Waals surface area contributed by atoms with Crippen molar-refractivity contribution < 1.29 is 9.21 Å². The van der Waals surface area contributed by atoms with E-state index < -0.39 is 0 Å². The van der Waals surface area contributed by atoms with E-state index >= 15 is 0 Å². The Hall–Kier alpha value is -4.46. The zero-order valence-corrected chi connectivity index (χ0v) is 17.5. The normalized spacial score (nSPS) is 12.7.